The van der Waals surface area contributed by atoms with Gasteiger partial charge < -0.3 is 10.6 Å². The van der Waals surface area contributed by atoms with Crippen molar-refractivity contribution in [3.63, 3.8) is 0 Å². The van der Waals surface area contributed by atoms with Gasteiger partial charge in [0.2, 0.25) is 11.8 Å². The second-order valence-corrected chi connectivity index (χ2v) is 6.85. The fourth-order valence-electron chi connectivity index (χ4n) is 2.93. The first-order valence-corrected chi connectivity index (χ1v) is 8.72. The number of carbonyl (C=O) groups excluding carboxylic acids is 2. The number of benzene rings is 2. The number of anilines is 1. The molecule has 0 aliphatic heterocycles. The minimum absolute atomic E-state index is 0.161. The average Bonchev–Trinajstić information content (AvgIpc) is 3.41. The normalized spacial score (nSPS) is 14.6. The van der Waals surface area contributed by atoms with Crippen molar-refractivity contribution in [2.24, 2.45) is 5.41 Å². The van der Waals surface area contributed by atoms with Crippen LogP contribution in [-0.2, 0) is 16.0 Å². The van der Waals surface area contributed by atoms with E-state index in [1.54, 1.807) is 0 Å². The maximum Gasteiger partial charge on any atom is 0.240 e. The molecule has 4 heteroatoms. The standard InChI is InChI=1S/C21H24N2O2/c1-15-8-9-16(2)18(14-15)23-20(25)21(11-12-21)19(24)22-13-10-17-6-4-3-5-7-17/h3-9,14H,10-13H2,1-2H3,(H,22,24)(H,23,25). The van der Waals surface area contributed by atoms with Gasteiger partial charge in [0.1, 0.15) is 5.41 Å². The van der Waals surface area contributed by atoms with Crippen molar-refractivity contribution in [2.45, 2.75) is 33.1 Å². The SMILES string of the molecule is Cc1ccc(C)c(NC(=O)C2(C(=O)NCCc3ccccc3)CC2)c1. The summed E-state index contributed by atoms with van der Waals surface area (Å²) < 4.78 is 0. The van der Waals surface area contributed by atoms with Crippen molar-refractivity contribution in [1.29, 1.82) is 0 Å². The van der Waals surface area contributed by atoms with Gasteiger partial charge in [0.05, 0.1) is 0 Å². The van der Waals surface area contributed by atoms with Gasteiger partial charge in [-0.2, -0.15) is 0 Å². The predicted octanol–water partition coefficient (Wildman–Crippen LogP) is 3.38. The Hall–Kier alpha value is -2.62. The van der Waals surface area contributed by atoms with Crippen LogP contribution in [0, 0.1) is 19.3 Å². The fraction of sp³-hybridized carbons (Fsp3) is 0.333. The van der Waals surface area contributed by atoms with Crippen LogP contribution < -0.4 is 10.6 Å². The molecule has 0 unspecified atom stereocenters. The van der Waals surface area contributed by atoms with Gasteiger partial charge in [-0.1, -0.05) is 42.5 Å². The van der Waals surface area contributed by atoms with Crippen LogP contribution in [0.15, 0.2) is 48.5 Å². The van der Waals surface area contributed by atoms with Gasteiger partial charge in [-0.15, -0.1) is 0 Å². The predicted molar refractivity (Wildman–Crippen MR) is 99.4 cm³/mol. The maximum absolute atomic E-state index is 12.7. The van der Waals surface area contributed by atoms with Crippen molar-refractivity contribution in [3.8, 4) is 0 Å². The summed E-state index contributed by atoms with van der Waals surface area (Å²) in [4.78, 5) is 25.2. The van der Waals surface area contributed by atoms with Gasteiger partial charge in [0.25, 0.3) is 0 Å². The maximum atomic E-state index is 12.7. The molecule has 2 aromatic rings. The highest BCUT2D eigenvalue weighted by Gasteiger charge is 2.56. The zero-order chi connectivity index (χ0) is 17.9. The van der Waals surface area contributed by atoms with Crippen molar-refractivity contribution >= 4 is 17.5 Å². The Morgan fingerprint density at radius 1 is 1.00 bits per heavy atom. The number of amides is 2. The molecule has 1 aliphatic rings. The quantitative estimate of drug-likeness (QED) is 0.795. The Bertz CT molecular complexity index is 780. The van der Waals surface area contributed by atoms with E-state index in [0.717, 1.165) is 23.2 Å². The third-order valence-electron chi connectivity index (χ3n) is 4.80. The van der Waals surface area contributed by atoms with Crippen LogP contribution in [0.2, 0.25) is 0 Å². The van der Waals surface area contributed by atoms with Crippen molar-refractivity contribution in [2.75, 3.05) is 11.9 Å². The molecular weight excluding hydrogens is 312 g/mol. The van der Waals surface area contributed by atoms with E-state index >= 15 is 0 Å². The lowest BCUT2D eigenvalue weighted by Gasteiger charge is -2.17. The number of aryl methyl sites for hydroxylation is 2. The molecule has 0 saturated heterocycles. The van der Waals surface area contributed by atoms with Crippen molar-refractivity contribution < 1.29 is 9.59 Å². The highest BCUT2D eigenvalue weighted by atomic mass is 16.2. The number of hydrogen-bond donors (Lipinski definition) is 2. The summed E-state index contributed by atoms with van der Waals surface area (Å²) in [5.74, 6) is -0.357. The summed E-state index contributed by atoms with van der Waals surface area (Å²) in [5.41, 5.74) is 3.14. The fourth-order valence-corrected chi connectivity index (χ4v) is 2.93. The molecule has 0 radical (unpaired) electrons. The minimum atomic E-state index is -0.896. The molecule has 0 heterocycles. The van der Waals surface area contributed by atoms with Crippen molar-refractivity contribution in [3.05, 3.63) is 65.2 Å². The lowest BCUT2D eigenvalue weighted by molar-refractivity contribution is -0.134. The van der Waals surface area contributed by atoms with E-state index in [4.69, 9.17) is 0 Å². The lowest BCUT2D eigenvalue weighted by atomic mass is 10.0. The van der Waals surface area contributed by atoms with Gasteiger partial charge in [0.15, 0.2) is 0 Å². The first-order chi connectivity index (χ1) is 12.0. The molecule has 1 aliphatic carbocycles. The molecular formula is C21H24N2O2. The molecule has 130 valence electrons. The van der Waals surface area contributed by atoms with E-state index in [0.29, 0.717) is 19.4 Å². The molecule has 0 atom stereocenters. The van der Waals surface area contributed by atoms with Crippen LogP contribution in [0.4, 0.5) is 5.69 Å². The molecule has 1 saturated carbocycles. The molecule has 0 aromatic heterocycles. The van der Waals surface area contributed by atoms with Crippen LogP contribution in [0.5, 0.6) is 0 Å². The van der Waals surface area contributed by atoms with E-state index in [1.807, 2.05) is 62.4 Å². The van der Waals surface area contributed by atoms with Gasteiger partial charge in [-0.05, 0) is 55.9 Å². The summed E-state index contributed by atoms with van der Waals surface area (Å²) in [6, 6.07) is 15.9. The zero-order valence-corrected chi connectivity index (χ0v) is 14.8. The minimum Gasteiger partial charge on any atom is -0.355 e. The molecule has 4 nitrogen and oxygen atoms in total. The molecule has 0 bridgehead atoms. The average molecular weight is 336 g/mol. The molecule has 25 heavy (non-hydrogen) atoms. The van der Waals surface area contributed by atoms with Gasteiger partial charge in [-0.3, -0.25) is 9.59 Å². The smallest absolute Gasteiger partial charge is 0.240 e. The third-order valence-corrected chi connectivity index (χ3v) is 4.80. The monoisotopic (exact) mass is 336 g/mol. The zero-order valence-electron chi connectivity index (χ0n) is 14.8. The summed E-state index contributed by atoms with van der Waals surface area (Å²) in [5, 5.41) is 5.87. The highest BCUT2D eigenvalue weighted by molar-refractivity contribution is 6.13. The van der Waals surface area contributed by atoms with E-state index in [-0.39, 0.29) is 11.8 Å². The first kappa shape index (κ1) is 17.2. The number of nitrogens with one attached hydrogen (secondary N) is 2. The lowest BCUT2D eigenvalue weighted by Crippen LogP contribution is -2.40. The molecule has 2 amide bonds. The summed E-state index contributed by atoms with van der Waals surface area (Å²) >= 11 is 0. The molecule has 2 aromatic carbocycles. The molecule has 0 spiro atoms. The number of rotatable bonds is 6. The highest BCUT2D eigenvalue weighted by Crippen LogP contribution is 2.47. The van der Waals surface area contributed by atoms with Crippen LogP contribution in [-0.4, -0.2) is 18.4 Å². The molecule has 2 N–H and O–H groups in total. The van der Waals surface area contributed by atoms with Crippen LogP contribution in [0.1, 0.15) is 29.5 Å². The van der Waals surface area contributed by atoms with E-state index in [9.17, 15) is 9.59 Å². The Morgan fingerprint density at radius 2 is 1.72 bits per heavy atom. The third kappa shape index (κ3) is 3.90. The van der Waals surface area contributed by atoms with E-state index in [2.05, 4.69) is 10.6 Å². The Morgan fingerprint density at radius 3 is 2.40 bits per heavy atom. The van der Waals surface area contributed by atoms with Gasteiger partial charge in [0, 0.05) is 12.2 Å². The topological polar surface area (TPSA) is 58.2 Å². The first-order valence-electron chi connectivity index (χ1n) is 8.72. The number of hydrogen-bond acceptors (Lipinski definition) is 2. The van der Waals surface area contributed by atoms with E-state index < -0.39 is 5.41 Å². The van der Waals surface area contributed by atoms with E-state index in [1.165, 1.54) is 5.56 Å². The molecule has 3 rings (SSSR count). The summed E-state index contributed by atoms with van der Waals surface area (Å²) in [6.45, 7) is 4.48. The summed E-state index contributed by atoms with van der Waals surface area (Å²) in [7, 11) is 0. The van der Waals surface area contributed by atoms with Crippen LogP contribution in [0.25, 0.3) is 0 Å². The second-order valence-electron chi connectivity index (χ2n) is 6.85. The van der Waals surface area contributed by atoms with Gasteiger partial charge in [-0.25, -0.2) is 0 Å². The molecule has 1 fully saturated rings. The largest absolute Gasteiger partial charge is 0.355 e. The van der Waals surface area contributed by atoms with Gasteiger partial charge >= 0.3 is 0 Å². The van der Waals surface area contributed by atoms with Crippen LogP contribution in [0.3, 0.4) is 0 Å². The van der Waals surface area contributed by atoms with Crippen molar-refractivity contribution in [1.82, 2.24) is 5.32 Å². The Balaban J connectivity index is 1.58. The van der Waals surface area contributed by atoms with Crippen LogP contribution >= 0.6 is 0 Å². The summed E-state index contributed by atoms with van der Waals surface area (Å²) in [6.07, 6.45) is 1.99. The second kappa shape index (κ2) is 7.09. The number of carbonyl (C=O) groups is 2. The Kier molecular flexibility index (Phi) is 4.88. The Labute approximate surface area is 148 Å².